The average Bonchev–Trinajstić information content (AvgIpc) is 2.71. The molecule has 0 unspecified atom stereocenters. The van der Waals surface area contributed by atoms with E-state index < -0.39 is 18.0 Å². The van der Waals surface area contributed by atoms with Gasteiger partial charge in [-0.25, -0.2) is 0 Å². The van der Waals surface area contributed by atoms with Crippen molar-refractivity contribution in [1.29, 1.82) is 0 Å². The van der Waals surface area contributed by atoms with Gasteiger partial charge in [-0.2, -0.15) is 8.42 Å². The van der Waals surface area contributed by atoms with E-state index in [0.29, 0.717) is 13.2 Å². The van der Waals surface area contributed by atoms with Gasteiger partial charge in [-0.05, 0) is 74.1 Å². The molecule has 0 spiro atoms. The summed E-state index contributed by atoms with van der Waals surface area (Å²) in [5, 5.41) is 3.18. The van der Waals surface area contributed by atoms with Gasteiger partial charge in [0, 0.05) is 0 Å². The third kappa shape index (κ3) is 5.36. The van der Waals surface area contributed by atoms with Crippen molar-refractivity contribution >= 4 is 34.0 Å². The summed E-state index contributed by atoms with van der Waals surface area (Å²) < 4.78 is 43.1. The maximum absolute atomic E-state index is 11.4. The summed E-state index contributed by atoms with van der Waals surface area (Å²) in [5.74, 6) is 1.61. The van der Waals surface area contributed by atoms with E-state index in [2.05, 4.69) is 0 Å². The molecule has 1 N–H and O–H groups in total. The molecule has 3 aromatic rings. The summed E-state index contributed by atoms with van der Waals surface area (Å²) in [5.41, 5.74) is 0. The van der Waals surface area contributed by atoms with Crippen LogP contribution in [0, 0.1) is 0 Å². The summed E-state index contributed by atoms with van der Waals surface area (Å²) >= 11 is 0. The zero-order valence-electron chi connectivity index (χ0n) is 16.3. The fraction of sp³-hybridized carbons (Fsp3) is 0.182. The molecule has 0 fully saturated rings. The molecule has 0 aromatic heterocycles. The highest BCUT2D eigenvalue weighted by Gasteiger charge is 2.18. The van der Waals surface area contributed by atoms with E-state index in [1.54, 1.807) is 12.1 Å². The Morgan fingerprint density at radius 1 is 0.690 bits per heavy atom. The van der Waals surface area contributed by atoms with Crippen molar-refractivity contribution in [2.75, 3.05) is 13.2 Å². The molecule has 0 saturated heterocycles. The van der Waals surface area contributed by atoms with Gasteiger partial charge in [-0.3, -0.25) is 4.55 Å². The topological polar surface area (TPSA) is 72.8 Å². The van der Waals surface area contributed by atoms with Crippen molar-refractivity contribution in [3.05, 3.63) is 72.8 Å². The summed E-state index contributed by atoms with van der Waals surface area (Å²) in [6.45, 7) is 5.09. The van der Waals surface area contributed by atoms with E-state index in [1.807, 2.05) is 62.4 Å². The Kier molecular flexibility index (Phi) is 6.91. The molecular weight excluding hydrogens is 407 g/mol. The first-order valence-corrected chi connectivity index (χ1v) is 12.0. The van der Waals surface area contributed by atoms with Gasteiger partial charge < -0.3 is 9.47 Å². The van der Waals surface area contributed by atoms with Gasteiger partial charge in [0.1, 0.15) is 11.5 Å². The van der Waals surface area contributed by atoms with Crippen LogP contribution in [0.2, 0.25) is 0 Å². The Bertz CT molecular complexity index is 981. The molecule has 5 nitrogen and oxygen atoms in total. The van der Waals surface area contributed by atoms with Crippen molar-refractivity contribution in [1.82, 2.24) is 0 Å². The molecule has 0 atom stereocenters. The highest BCUT2D eigenvalue weighted by Crippen LogP contribution is 2.34. The Balaban J connectivity index is 2.03. The zero-order chi connectivity index (χ0) is 20.9. The van der Waals surface area contributed by atoms with Crippen LogP contribution >= 0.6 is 7.92 Å². The van der Waals surface area contributed by atoms with E-state index in [-0.39, 0.29) is 4.90 Å². The molecule has 0 bridgehead atoms. The standard InChI is InChI=1S/C22H23O5PS/c1-3-26-17-5-9-19(10-6-17)28(20-11-7-18(8-12-20)27-4-2)21-13-15-22(16-14-21)29(23,24)25/h5-16H,3-4H2,1-2H3,(H,23,24,25). The van der Waals surface area contributed by atoms with Crippen LogP contribution in [0.15, 0.2) is 77.7 Å². The molecule has 3 aromatic carbocycles. The summed E-state index contributed by atoms with van der Waals surface area (Å²) in [6, 6.07) is 22.3. The van der Waals surface area contributed by atoms with E-state index in [1.165, 1.54) is 12.1 Å². The fourth-order valence-electron chi connectivity index (χ4n) is 2.93. The van der Waals surface area contributed by atoms with E-state index in [4.69, 9.17) is 9.47 Å². The predicted molar refractivity (Wildman–Crippen MR) is 117 cm³/mol. The lowest BCUT2D eigenvalue weighted by atomic mass is 10.3. The SMILES string of the molecule is CCOc1ccc(P(c2ccc(OCC)cc2)c2ccc(S(=O)(=O)O)cc2)cc1. The average molecular weight is 430 g/mol. The van der Waals surface area contributed by atoms with Crippen molar-refractivity contribution in [3.63, 3.8) is 0 Å². The summed E-state index contributed by atoms with van der Waals surface area (Å²) in [7, 11) is -5.15. The van der Waals surface area contributed by atoms with Gasteiger partial charge in [-0.1, -0.05) is 36.4 Å². The fourth-order valence-corrected chi connectivity index (χ4v) is 5.65. The Labute approximate surface area is 172 Å². The highest BCUT2D eigenvalue weighted by molar-refractivity contribution is 7.85. The Morgan fingerprint density at radius 3 is 1.34 bits per heavy atom. The predicted octanol–water partition coefficient (Wildman–Crippen LogP) is 3.49. The van der Waals surface area contributed by atoms with Gasteiger partial charge in [0.25, 0.3) is 10.1 Å². The molecule has 0 radical (unpaired) electrons. The van der Waals surface area contributed by atoms with Gasteiger partial charge in [0.05, 0.1) is 18.1 Å². The minimum Gasteiger partial charge on any atom is -0.494 e. The van der Waals surface area contributed by atoms with Gasteiger partial charge in [0.15, 0.2) is 0 Å². The molecule has 29 heavy (non-hydrogen) atoms. The van der Waals surface area contributed by atoms with Gasteiger partial charge in [0.2, 0.25) is 0 Å². The van der Waals surface area contributed by atoms with Crippen LogP contribution in [0.1, 0.15) is 13.8 Å². The van der Waals surface area contributed by atoms with Gasteiger partial charge in [-0.15, -0.1) is 0 Å². The molecule has 0 amide bonds. The molecule has 0 aliphatic rings. The largest absolute Gasteiger partial charge is 0.494 e. The third-order valence-corrected chi connectivity index (χ3v) is 7.52. The zero-order valence-corrected chi connectivity index (χ0v) is 18.0. The number of benzene rings is 3. The number of hydrogen-bond acceptors (Lipinski definition) is 4. The second kappa shape index (κ2) is 9.40. The van der Waals surface area contributed by atoms with Crippen molar-refractivity contribution in [2.45, 2.75) is 18.7 Å². The maximum Gasteiger partial charge on any atom is 0.294 e. The van der Waals surface area contributed by atoms with Crippen LogP contribution < -0.4 is 25.4 Å². The van der Waals surface area contributed by atoms with Crippen LogP contribution in [0.5, 0.6) is 11.5 Å². The Hall–Kier alpha value is -2.40. The van der Waals surface area contributed by atoms with E-state index in [0.717, 1.165) is 27.4 Å². The van der Waals surface area contributed by atoms with E-state index >= 15 is 0 Å². The molecule has 152 valence electrons. The van der Waals surface area contributed by atoms with Crippen molar-refractivity contribution in [2.24, 2.45) is 0 Å². The Morgan fingerprint density at radius 2 is 1.03 bits per heavy atom. The maximum atomic E-state index is 11.4. The lowest BCUT2D eigenvalue weighted by Crippen LogP contribution is -2.21. The van der Waals surface area contributed by atoms with Gasteiger partial charge >= 0.3 is 0 Å². The number of rotatable bonds is 8. The minimum absolute atomic E-state index is 0.116. The summed E-state index contributed by atoms with van der Waals surface area (Å²) in [6.07, 6.45) is 0. The van der Waals surface area contributed by atoms with Crippen molar-refractivity contribution < 1.29 is 22.4 Å². The first-order chi connectivity index (χ1) is 13.9. The smallest absolute Gasteiger partial charge is 0.294 e. The van der Waals surface area contributed by atoms with Crippen LogP contribution in [0.4, 0.5) is 0 Å². The molecular formula is C22H23O5PS. The second-order valence-electron chi connectivity index (χ2n) is 6.16. The van der Waals surface area contributed by atoms with Crippen molar-refractivity contribution in [3.8, 4) is 11.5 Å². The molecule has 0 aliphatic heterocycles. The molecule has 7 heteroatoms. The minimum atomic E-state index is -4.22. The molecule has 0 aliphatic carbocycles. The lowest BCUT2D eigenvalue weighted by molar-refractivity contribution is 0.340. The molecule has 0 saturated carbocycles. The summed E-state index contributed by atoms with van der Waals surface area (Å²) in [4.78, 5) is -0.116. The van der Waals surface area contributed by atoms with Crippen LogP contribution in [-0.4, -0.2) is 26.2 Å². The lowest BCUT2D eigenvalue weighted by Gasteiger charge is -2.20. The second-order valence-corrected chi connectivity index (χ2v) is 9.80. The number of ether oxygens (including phenoxy) is 2. The van der Waals surface area contributed by atoms with Crippen LogP contribution in [0.3, 0.4) is 0 Å². The molecule has 3 rings (SSSR count). The molecule has 0 heterocycles. The van der Waals surface area contributed by atoms with Crippen LogP contribution in [-0.2, 0) is 10.1 Å². The highest BCUT2D eigenvalue weighted by atomic mass is 32.2. The third-order valence-electron chi connectivity index (χ3n) is 4.20. The normalized spacial score (nSPS) is 11.4. The van der Waals surface area contributed by atoms with Crippen LogP contribution in [0.25, 0.3) is 0 Å². The number of hydrogen-bond donors (Lipinski definition) is 1. The first kappa shape index (κ1) is 21.3. The monoisotopic (exact) mass is 430 g/mol. The van der Waals surface area contributed by atoms with E-state index in [9.17, 15) is 13.0 Å². The first-order valence-electron chi connectivity index (χ1n) is 9.25. The quantitative estimate of drug-likeness (QED) is 0.438.